The molecule has 7 heteroatoms. The second kappa shape index (κ2) is 7.43. The highest BCUT2D eigenvalue weighted by molar-refractivity contribution is 5.97. The molecule has 0 aliphatic heterocycles. The van der Waals surface area contributed by atoms with Crippen LogP contribution in [0.15, 0.2) is 78.1 Å². The van der Waals surface area contributed by atoms with E-state index in [9.17, 15) is 20.1 Å². The molecule has 1 N–H and O–H groups in total. The Balaban J connectivity index is 1.93. The van der Waals surface area contributed by atoms with Gasteiger partial charge >= 0.3 is 0 Å². The minimum absolute atomic E-state index is 0.0532. The van der Waals surface area contributed by atoms with Gasteiger partial charge in [0.25, 0.3) is 5.69 Å². The van der Waals surface area contributed by atoms with Crippen molar-refractivity contribution in [3.63, 3.8) is 0 Å². The molecule has 1 aromatic heterocycles. The number of non-ortho nitro benzene ring substituents is 1. The van der Waals surface area contributed by atoms with E-state index in [0.29, 0.717) is 16.8 Å². The summed E-state index contributed by atoms with van der Waals surface area (Å²) >= 11 is 0. The normalized spacial score (nSPS) is 11.3. The van der Waals surface area contributed by atoms with E-state index in [4.69, 9.17) is 0 Å². The molecule has 0 fully saturated rings. The third kappa shape index (κ3) is 3.67. The number of hydrogen-bond acceptors (Lipinski definition) is 5. The summed E-state index contributed by atoms with van der Waals surface area (Å²) < 4.78 is 1.50. The highest BCUT2D eigenvalue weighted by atomic mass is 16.6. The van der Waals surface area contributed by atoms with Crippen LogP contribution in [-0.4, -0.2) is 20.5 Å². The van der Waals surface area contributed by atoms with Crippen LogP contribution in [0.5, 0.6) is 0 Å². The van der Waals surface area contributed by atoms with Crippen molar-refractivity contribution in [3.05, 3.63) is 99.7 Å². The van der Waals surface area contributed by atoms with Gasteiger partial charge in [-0.2, -0.15) is 0 Å². The van der Waals surface area contributed by atoms with Crippen LogP contribution in [0, 0.1) is 10.1 Å². The Kier molecular flexibility index (Phi) is 4.89. The van der Waals surface area contributed by atoms with Gasteiger partial charge in [0.05, 0.1) is 10.6 Å². The van der Waals surface area contributed by atoms with Gasteiger partial charge in [-0.25, -0.2) is 0 Å². The Bertz CT molecular complexity index is 1030. The number of carbonyl (C=O) groups excluding carboxylic acids is 1. The number of aromatic nitrogens is 1. The van der Waals surface area contributed by atoms with Gasteiger partial charge in [-0.1, -0.05) is 41.6 Å². The van der Waals surface area contributed by atoms with Crippen LogP contribution < -0.4 is 5.49 Å². The zero-order valence-electron chi connectivity index (χ0n) is 13.6. The van der Waals surface area contributed by atoms with Crippen molar-refractivity contribution in [2.75, 3.05) is 0 Å². The zero-order valence-corrected chi connectivity index (χ0v) is 13.6. The fourth-order valence-corrected chi connectivity index (χ4v) is 2.60. The lowest BCUT2D eigenvalue weighted by atomic mass is 10.0. The fourth-order valence-electron chi connectivity index (χ4n) is 2.60. The molecule has 2 aromatic carbocycles. The van der Waals surface area contributed by atoms with Crippen LogP contribution in [-0.2, 0) is 6.42 Å². The fraction of sp³-hybridized carbons (Fsp3) is 0.0526. The van der Waals surface area contributed by atoms with E-state index in [1.165, 1.54) is 16.7 Å². The largest absolute Gasteiger partial charge is 0.409 e. The Morgan fingerprint density at radius 1 is 1.08 bits per heavy atom. The molecule has 3 aromatic rings. The first kappa shape index (κ1) is 17.1. The van der Waals surface area contributed by atoms with Crippen molar-refractivity contribution >= 4 is 11.5 Å². The smallest absolute Gasteiger partial charge is 0.271 e. The van der Waals surface area contributed by atoms with Gasteiger partial charge in [0.1, 0.15) is 0 Å². The number of hydrogen-bond donors (Lipinski definition) is 1. The third-order valence-corrected chi connectivity index (χ3v) is 3.88. The summed E-state index contributed by atoms with van der Waals surface area (Å²) in [5.41, 5.74) is 1.86. The second-order valence-corrected chi connectivity index (χ2v) is 5.61. The Hall–Kier alpha value is -3.74. The average molecular weight is 349 g/mol. The summed E-state index contributed by atoms with van der Waals surface area (Å²) in [5.74, 6) is -0.0532. The van der Waals surface area contributed by atoms with E-state index in [2.05, 4.69) is 5.16 Å². The molecule has 3 rings (SSSR count). The molecule has 0 spiro atoms. The van der Waals surface area contributed by atoms with Gasteiger partial charge in [-0.3, -0.25) is 19.5 Å². The molecule has 0 amide bonds. The van der Waals surface area contributed by atoms with Crippen LogP contribution >= 0.6 is 0 Å². The Morgan fingerprint density at radius 2 is 1.85 bits per heavy atom. The first-order valence-corrected chi connectivity index (χ1v) is 7.81. The molecule has 0 saturated carbocycles. The maximum absolute atomic E-state index is 12.3. The lowest BCUT2D eigenvalue weighted by molar-refractivity contribution is -0.384. The summed E-state index contributed by atoms with van der Waals surface area (Å²) in [6, 6.07) is 18.2. The van der Waals surface area contributed by atoms with Crippen molar-refractivity contribution in [3.8, 4) is 5.69 Å². The van der Waals surface area contributed by atoms with Crippen molar-refractivity contribution in [1.29, 1.82) is 0 Å². The standard InChI is InChI=1S/C19H15N3O4/c23-18(15-5-2-1-3-6-15)11-14-9-10-21(19(12-14)20-24)16-7-4-8-17(13-16)22(25)26/h1-10,12-13,24H,11H2. The van der Waals surface area contributed by atoms with E-state index in [1.807, 2.05) is 6.07 Å². The molecule has 0 radical (unpaired) electrons. The maximum atomic E-state index is 12.3. The van der Waals surface area contributed by atoms with Crippen LogP contribution in [0.25, 0.3) is 5.69 Å². The van der Waals surface area contributed by atoms with Crippen LogP contribution in [0.3, 0.4) is 0 Å². The summed E-state index contributed by atoms with van der Waals surface area (Å²) in [6.45, 7) is 0. The van der Waals surface area contributed by atoms with Gasteiger partial charge in [0, 0.05) is 30.3 Å². The molecule has 130 valence electrons. The molecule has 26 heavy (non-hydrogen) atoms. The summed E-state index contributed by atoms with van der Waals surface area (Å²) in [4.78, 5) is 22.8. The van der Waals surface area contributed by atoms with Crippen molar-refractivity contribution < 1.29 is 14.9 Å². The Morgan fingerprint density at radius 3 is 2.54 bits per heavy atom. The number of carbonyl (C=O) groups is 1. The van der Waals surface area contributed by atoms with Crippen LogP contribution in [0.4, 0.5) is 5.69 Å². The van der Waals surface area contributed by atoms with Crippen LogP contribution in [0.1, 0.15) is 15.9 Å². The number of pyridine rings is 1. The SMILES string of the molecule is O=C(Cc1ccn(-c2cccc([N+](=O)[O-])c2)c(=NO)c1)c1ccccc1. The highest BCUT2D eigenvalue weighted by Gasteiger charge is 2.10. The van der Waals surface area contributed by atoms with Crippen LogP contribution in [0.2, 0.25) is 0 Å². The van der Waals surface area contributed by atoms with Crippen molar-refractivity contribution in [2.24, 2.45) is 5.16 Å². The lowest BCUT2D eigenvalue weighted by Crippen LogP contribution is -2.20. The minimum atomic E-state index is -0.493. The molecule has 0 aliphatic carbocycles. The summed E-state index contributed by atoms with van der Waals surface area (Å²) in [7, 11) is 0. The first-order chi connectivity index (χ1) is 12.6. The predicted molar refractivity (Wildman–Crippen MR) is 94.2 cm³/mol. The number of ketones is 1. The quantitative estimate of drug-likeness (QED) is 0.331. The third-order valence-electron chi connectivity index (χ3n) is 3.88. The predicted octanol–water partition coefficient (Wildman–Crippen LogP) is 3.10. The van der Waals surface area contributed by atoms with E-state index in [-0.39, 0.29) is 23.4 Å². The topological polar surface area (TPSA) is 97.7 Å². The van der Waals surface area contributed by atoms with Gasteiger partial charge in [-0.15, -0.1) is 0 Å². The Labute approximate surface area is 148 Å². The molecular weight excluding hydrogens is 334 g/mol. The minimum Gasteiger partial charge on any atom is -0.409 e. The molecule has 1 heterocycles. The lowest BCUT2D eigenvalue weighted by Gasteiger charge is -2.09. The molecule has 0 atom stereocenters. The van der Waals surface area contributed by atoms with E-state index in [0.717, 1.165) is 0 Å². The molecular formula is C19H15N3O4. The first-order valence-electron chi connectivity index (χ1n) is 7.81. The second-order valence-electron chi connectivity index (χ2n) is 5.61. The summed E-state index contributed by atoms with van der Waals surface area (Å²) in [5, 5.41) is 23.5. The average Bonchev–Trinajstić information content (AvgIpc) is 2.68. The number of nitro benzene ring substituents is 1. The van der Waals surface area contributed by atoms with Crippen molar-refractivity contribution in [2.45, 2.75) is 6.42 Å². The zero-order chi connectivity index (χ0) is 18.5. The van der Waals surface area contributed by atoms with Gasteiger partial charge in [0.2, 0.25) is 0 Å². The molecule has 0 bridgehead atoms. The maximum Gasteiger partial charge on any atom is 0.271 e. The van der Waals surface area contributed by atoms with E-state index >= 15 is 0 Å². The summed E-state index contributed by atoms with van der Waals surface area (Å²) in [6.07, 6.45) is 1.77. The molecule has 0 unspecified atom stereocenters. The van der Waals surface area contributed by atoms with Gasteiger partial charge in [0.15, 0.2) is 11.3 Å². The highest BCUT2D eigenvalue weighted by Crippen LogP contribution is 2.16. The number of nitro groups is 1. The van der Waals surface area contributed by atoms with E-state index < -0.39 is 4.92 Å². The van der Waals surface area contributed by atoms with E-state index in [1.54, 1.807) is 54.7 Å². The van der Waals surface area contributed by atoms with Crippen molar-refractivity contribution in [1.82, 2.24) is 4.57 Å². The number of nitrogens with zero attached hydrogens (tertiary/aromatic N) is 3. The van der Waals surface area contributed by atoms with Gasteiger partial charge < -0.3 is 5.21 Å². The molecule has 7 nitrogen and oxygen atoms in total. The number of benzene rings is 2. The van der Waals surface area contributed by atoms with Gasteiger partial charge in [-0.05, 0) is 23.8 Å². The molecule has 0 saturated heterocycles. The number of Topliss-reactive ketones (excluding diaryl/α,β-unsaturated/α-hetero) is 1. The number of rotatable bonds is 5. The monoisotopic (exact) mass is 349 g/mol. The molecule has 0 aliphatic rings.